The summed E-state index contributed by atoms with van der Waals surface area (Å²) in [6.07, 6.45) is 5.96. The summed E-state index contributed by atoms with van der Waals surface area (Å²) in [6, 6.07) is 0.0734. The zero-order valence-electron chi connectivity index (χ0n) is 18.3. The van der Waals surface area contributed by atoms with Crippen molar-refractivity contribution in [3.63, 3.8) is 0 Å². The Balaban J connectivity index is 1.75. The van der Waals surface area contributed by atoms with Crippen molar-refractivity contribution >= 4 is 17.5 Å². The zero-order valence-corrected chi connectivity index (χ0v) is 18.3. The van der Waals surface area contributed by atoms with Crippen LogP contribution < -0.4 is 11.1 Å². The van der Waals surface area contributed by atoms with Crippen molar-refractivity contribution in [1.82, 2.24) is 19.7 Å². The van der Waals surface area contributed by atoms with Crippen molar-refractivity contribution in [2.45, 2.75) is 77.9 Å². The smallest absolute Gasteiger partial charge is 0.271 e. The molecule has 0 saturated heterocycles. The fraction of sp³-hybridized carbons (Fsp3) is 0.591. The second-order valence-corrected chi connectivity index (χ2v) is 9.41. The normalized spacial score (nSPS) is 22.8. The Morgan fingerprint density at radius 1 is 1.29 bits per heavy atom. The summed E-state index contributed by atoms with van der Waals surface area (Å²) in [7, 11) is 0. The average molecular weight is 427 g/mol. The number of rotatable bonds is 5. The summed E-state index contributed by atoms with van der Waals surface area (Å²) in [5.74, 6) is 0.209. The minimum Gasteiger partial charge on any atom is -0.393 e. The van der Waals surface area contributed by atoms with Crippen LogP contribution in [0.15, 0.2) is 6.20 Å². The second-order valence-electron chi connectivity index (χ2n) is 9.41. The van der Waals surface area contributed by atoms with Gasteiger partial charge in [-0.05, 0) is 43.9 Å². The van der Waals surface area contributed by atoms with E-state index < -0.39 is 5.91 Å². The molecule has 9 nitrogen and oxygen atoms in total. The van der Waals surface area contributed by atoms with E-state index in [1.54, 1.807) is 4.68 Å². The molecule has 9 heteroatoms. The number of anilines is 1. The molecule has 1 amide bonds. The molecule has 4 rings (SSSR count). The molecule has 0 radical (unpaired) electrons. The van der Waals surface area contributed by atoms with Gasteiger partial charge in [-0.1, -0.05) is 20.8 Å². The maximum absolute atomic E-state index is 12.8. The van der Waals surface area contributed by atoms with Gasteiger partial charge < -0.3 is 16.2 Å². The zero-order chi connectivity index (χ0) is 22.3. The number of nitrogens with one attached hydrogen (secondary N) is 1. The highest BCUT2D eigenvalue weighted by Gasteiger charge is 2.36. The number of nitrogens with two attached hydrogens (primary N) is 1. The molecule has 0 bridgehead atoms. The Hall–Kier alpha value is -2.81. The molecule has 0 unspecified atom stereocenters. The number of aliphatic hydroxyl groups excluding tert-OH is 1. The first kappa shape index (κ1) is 21.4. The minimum atomic E-state index is -0.662. The van der Waals surface area contributed by atoms with Crippen LogP contribution in [0.4, 0.5) is 5.82 Å². The molecule has 4 N–H and O–H groups in total. The van der Waals surface area contributed by atoms with Crippen LogP contribution in [0.25, 0.3) is 5.82 Å². The topological polar surface area (TPSA) is 136 Å². The fourth-order valence-electron chi connectivity index (χ4n) is 4.64. The van der Waals surface area contributed by atoms with Crippen LogP contribution in [0, 0.1) is 5.41 Å². The number of aromatic nitrogens is 4. The number of hydrogen-bond acceptors (Lipinski definition) is 7. The summed E-state index contributed by atoms with van der Waals surface area (Å²) in [4.78, 5) is 33.7. The molecule has 166 valence electrons. The van der Waals surface area contributed by atoms with Gasteiger partial charge in [-0.3, -0.25) is 9.59 Å². The van der Waals surface area contributed by atoms with Gasteiger partial charge in [-0.15, -0.1) is 0 Å². The van der Waals surface area contributed by atoms with Crippen LogP contribution in [0.1, 0.15) is 85.1 Å². The lowest BCUT2D eigenvalue weighted by Crippen LogP contribution is -2.30. The number of ketones is 1. The number of nitrogens with zero attached hydrogens (tertiary/aromatic N) is 4. The Morgan fingerprint density at radius 2 is 2.00 bits per heavy atom. The van der Waals surface area contributed by atoms with E-state index in [4.69, 9.17) is 5.73 Å². The third kappa shape index (κ3) is 4.19. The maximum Gasteiger partial charge on any atom is 0.271 e. The van der Waals surface area contributed by atoms with Gasteiger partial charge in [0.1, 0.15) is 0 Å². The van der Waals surface area contributed by atoms with Gasteiger partial charge in [0.15, 0.2) is 23.1 Å². The third-order valence-electron chi connectivity index (χ3n) is 6.20. The number of aryl methyl sites for hydroxylation is 1. The summed E-state index contributed by atoms with van der Waals surface area (Å²) < 4.78 is 1.69. The van der Waals surface area contributed by atoms with Gasteiger partial charge in [0.05, 0.1) is 29.3 Å². The van der Waals surface area contributed by atoms with E-state index in [2.05, 4.69) is 34.2 Å². The predicted molar refractivity (Wildman–Crippen MR) is 115 cm³/mol. The van der Waals surface area contributed by atoms with Gasteiger partial charge >= 0.3 is 0 Å². The van der Waals surface area contributed by atoms with Crippen LogP contribution in [-0.4, -0.2) is 48.7 Å². The maximum atomic E-state index is 12.8. The number of carbonyl (C=O) groups is 2. The quantitative estimate of drug-likeness (QED) is 0.667. The SMILES string of the molecule is CCc1nn(-c2cnc(C(N)=O)c(NC3CCC(O)CC3)n2)c2c1C(=O)CC(C)(C)C2. The first-order chi connectivity index (χ1) is 14.7. The highest BCUT2D eigenvalue weighted by Crippen LogP contribution is 2.37. The van der Waals surface area contributed by atoms with E-state index >= 15 is 0 Å². The average Bonchev–Trinajstić information content (AvgIpc) is 3.07. The minimum absolute atomic E-state index is 0.0722. The molecule has 1 fully saturated rings. The Morgan fingerprint density at radius 3 is 2.65 bits per heavy atom. The van der Waals surface area contributed by atoms with Crippen molar-refractivity contribution in [2.24, 2.45) is 11.1 Å². The molecule has 2 aliphatic rings. The number of amides is 1. The highest BCUT2D eigenvalue weighted by molar-refractivity contribution is 6.00. The number of carbonyl (C=O) groups excluding carboxylic acids is 2. The lowest BCUT2D eigenvalue weighted by Gasteiger charge is -2.29. The van der Waals surface area contributed by atoms with Crippen molar-refractivity contribution < 1.29 is 14.7 Å². The van der Waals surface area contributed by atoms with E-state index in [9.17, 15) is 14.7 Å². The summed E-state index contributed by atoms with van der Waals surface area (Å²) in [5, 5.41) is 17.7. The van der Waals surface area contributed by atoms with Crippen molar-refractivity contribution in [2.75, 3.05) is 5.32 Å². The Labute approximate surface area is 181 Å². The number of Topliss-reactive ketones (excluding diaryl/α,β-unsaturated/α-hetero) is 1. The molecule has 0 spiro atoms. The van der Waals surface area contributed by atoms with Crippen molar-refractivity contribution in [3.8, 4) is 5.82 Å². The van der Waals surface area contributed by atoms with Crippen LogP contribution in [0.3, 0.4) is 0 Å². The molecule has 1 saturated carbocycles. The molecule has 0 atom stereocenters. The van der Waals surface area contributed by atoms with Crippen LogP contribution in [0.5, 0.6) is 0 Å². The first-order valence-electron chi connectivity index (χ1n) is 10.9. The van der Waals surface area contributed by atoms with Crippen molar-refractivity contribution in [1.29, 1.82) is 0 Å². The Kier molecular flexibility index (Phi) is 5.55. The largest absolute Gasteiger partial charge is 0.393 e. The standard InChI is InChI=1S/C22H30N6O3/c1-4-14-18-15(9-22(2,3)10-16(18)30)28(27-14)17-11-24-19(20(23)31)21(26-17)25-12-5-7-13(29)8-6-12/h11-13,29H,4-10H2,1-3H3,(H2,23,31)(H,25,26). The molecular weight excluding hydrogens is 396 g/mol. The van der Waals surface area contributed by atoms with Gasteiger partial charge in [-0.25, -0.2) is 14.6 Å². The van der Waals surface area contributed by atoms with Gasteiger partial charge in [0, 0.05) is 12.5 Å². The van der Waals surface area contributed by atoms with Crippen LogP contribution in [0.2, 0.25) is 0 Å². The molecule has 0 aromatic carbocycles. The fourth-order valence-corrected chi connectivity index (χ4v) is 4.64. The summed E-state index contributed by atoms with van der Waals surface area (Å²) in [5.41, 5.74) is 7.72. The molecular formula is C22H30N6O3. The molecule has 31 heavy (non-hydrogen) atoms. The lowest BCUT2D eigenvalue weighted by atomic mass is 9.75. The third-order valence-corrected chi connectivity index (χ3v) is 6.20. The van der Waals surface area contributed by atoms with E-state index in [0.717, 1.165) is 24.2 Å². The number of aliphatic hydroxyl groups is 1. The molecule has 2 aliphatic carbocycles. The predicted octanol–water partition coefficient (Wildman–Crippen LogP) is 2.19. The summed E-state index contributed by atoms with van der Waals surface area (Å²) in [6.45, 7) is 6.12. The molecule has 2 aromatic heterocycles. The van der Waals surface area contributed by atoms with E-state index in [0.29, 0.717) is 49.3 Å². The number of hydrogen-bond donors (Lipinski definition) is 3. The van der Waals surface area contributed by atoms with Gasteiger partial charge in [-0.2, -0.15) is 5.10 Å². The van der Waals surface area contributed by atoms with Gasteiger partial charge in [0.2, 0.25) is 0 Å². The molecule has 2 heterocycles. The number of primary amides is 1. The number of fused-ring (bicyclic) bond motifs is 1. The second kappa shape index (κ2) is 8.03. The van der Waals surface area contributed by atoms with Crippen LogP contribution in [-0.2, 0) is 12.8 Å². The van der Waals surface area contributed by atoms with Gasteiger partial charge in [0.25, 0.3) is 5.91 Å². The highest BCUT2D eigenvalue weighted by atomic mass is 16.3. The van der Waals surface area contributed by atoms with Crippen molar-refractivity contribution in [3.05, 3.63) is 28.8 Å². The Bertz CT molecular complexity index is 1020. The molecule has 0 aliphatic heterocycles. The van der Waals surface area contributed by atoms with Crippen LogP contribution >= 0.6 is 0 Å². The monoisotopic (exact) mass is 426 g/mol. The van der Waals surface area contributed by atoms with E-state index in [-0.39, 0.29) is 29.0 Å². The van der Waals surface area contributed by atoms with E-state index in [1.807, 2.05) is 6.92 Å². The molecule has 2 aromatic rings. The lowest BCUT2D eigenvalue weighted by molar-refractivity contribution is 0.0909. The first-order valence-corrected chi connectivity index (χ1v) is 10.9. The van der Waals surface area contributed by atoms with E-state index in [1.165, 1.54) is 6.20 Å². The summed E-state index contributed by atoms with van der Waals surface area (Å²) >= 11 is 0.